The number of aliphatic carboxylic acids is 1. The normalized spacial score (nSPS) is 16.8. The SMILES string of the molecule is CC(=O)c1cccc(NC(=O)CC2(C(=O)O)CCCCC2)c1. The van der Waals surface area contributed by atoms with Gasteiger partial charge in [0.2, 0.25) is 5.91 Å². The maximum Gasteiger partial charge on any atom is 0.310 e. The maximum absolute atomic E-state index is 12.2. The molecule has 22 heavy (non-hydrogen) atoms. The standard InChI is InChI=1S/C17H21NO4/c1-12(19)13-6-5-7-14(10-13)18-15(20)11-17(16(21)22)8-3-2-4-9-17/h5-7,10H,2-4,8-9,11H2,1H3,(H,18,20)(H,21,22). The van der Waals surface area contributed by atoms with E-state index >= 15 is 0 Å². The van der Waals surface area contributed by atoms with Crippen LogP contribution in [0.15, 0.2) is 24.3 Å². The summed E-state index contributed by atoms with van der Waals surface area (Å²) in [5.41, 5.74) is 0.0954. The lowest BCUT2D eigenvalue weighted by Gasteiger charge is -2.32. The molecule has 1 aliphatic rings. The highest BCUT2D eigenvalue weighted by atomic mass is 16.4. The number of anilines is 1. The second kappa shape index (κ2) is 6.73. The van der Waals surface area contributed by atoms with E-state index in [1.807, 2.05) is 0 Å². The van der Waals surface area contributed by atoms with Gasteiger partial charge in [-0.15, -0.1) is 0 Å². The number of carbonyl (C=O) groups is 3. The van der Waals surface area contributed by atoms with Gasteiger partial charge in [-0.2, -0.15) is 0 Å². The average Bonchev–Trinajstić information content (AvgIpc) is 2.48. The van der Waals surface area contributed by atoms with Crippen LogP contribution in [0.3, 0.4) is 0 Å². The van der Waals surface area contributed by atoms with Gasteiger partial charge in [0.1, 0.15) is 0 Å². The Morgan fingerprint density at radius 3 is 2.45 bits per heavy atom. The first kappa shape index (κ1) is 16.2. The van der Waals surface area contributed by atoms with E-state index in [-0.39, 0.29) is 18.1 Å². The molecule has 1 aromatic carbocycles. The summed E-state index contributed by atoms with van der Waals surface area (Å²) in [6.45, 7) is 1.46. The molecule has 1 saturated carbocycles. The van der Waals surface area contributed by atoms with E-state index in [2.05, 4.69) is 5.32 Å². The summed E-state index contributed by atoms with van der Waals surface area (Å²) in [6.07, 6.45) is 3.79. The predicted molar refractivity (Wildman–Crippen MR) is 82.8 cm³/mol. The van der Waals surface area contributed by atoms with Gasteiger partial charge in [0.05, 0.1) is 5.41 Å². The topological polar surface area (TPSA) is 83.5 Å². The van der Waals surface area contributed by atoms with Crippen LogP contribution in [0, 0.1) is 5.41 Å². The van der Waals surface area contributed by atoms with Gasteiger partial charge in [-0.1, -0.05) is 31.4 Å². The largest absolute Gasteiger partial charge is 0.481 e. The molecule has 5 heteroatoms. The van der Waals surface area contributed by atoms with E-state index in [0.717, 1.165) is 19.3 Å². The Hall–Kier alpha value is -2.17. The van der Waals surface area contributed by atoms with Crippen molar-refractivity contribution >= 4 is 23.3 Å². The molecule has 0 aromatic heterocycles. The summed E-state index contributed by atoms with van der Waals surface area (Å²) in [6, 6.07) is 6.67. The van der Waals surface area contributed by atoms with Crippen LogP contribution in [0.4, 0.5) is 5.69 Å². The van der Waals surface area contributed by atoms with Gasteiger partial charge in [-0.3, -0.25) is 14.4 Å². The monoisotopic (exact) mass is 303 g/mol. The van der Waals surface area contributed by atoms with Crippen molar-refractivity contribution in [2.75, 3.05) is 5.32 Å². The summed E-state index contributed by atoms with van der Waals surface area (Å²) in [5.74, 6) is -1.28. The van der Waals surface area contributed by atoms with Crippen molar-refractivity contribution in [3.05, 3.63) is 29.8 Å². The summed E-state index contributed by atoms with van der Waals surface area (Å²) in [4.78, 5) is 35.1. The molecule has 0 heterocycles. The van der Waals surface area contributed by atoms with Crippen molar-refractivity contribution in [1.82, 2.24) is 0 Å². The molecule has 118 valence electrons. The van der Waals surface area contributed by atoms with Crippen molar-refractivity contribution < 1.29 is 19.5 Å². The molecule has 1 amide bonds. The Labute approximate surface area is 129 Å². The minimum Gasteiger partial charge on any atom is -0.481 e. The number of Topliss-reactive ketones (excluding diaryl/α,β-unsaturated/α-hetero) is 1. The second-order valence-electron chi connectivity index (χ2n) is 6.01. The van der Waals surface area contributed by atoms with Crippen LogP contribution in [0.1, 0.15) is 55.8 Å². The number of hydrogen-bond acceptors (Lipinski definition) is 3. The zero-order valence-electron chi connectivity index (χ0n) is 12.7. The van der Waals surface area contributed by atoms with E-state index < -0.39 is 11.4 Å². The van der Waals surface area contributed by atoms with Crippen LogP contribution < -0.4 is 5.32 Å². The number of amides is 1. The molecule has 2 N–H and O–H groups in total. The Kier molecular flexibility index (Phi) is 4.96. The van der Waals surface area contributed by atoms with Crippen LogP contribution in [0.5, 0.6) is 0 Å². The maximum atomic E-state index is 12.2. The highest BCUT2D eigenvalue weighted by Crippen LogP contribution is 2.39. The van der Waals surface area contributed by atoms with Crippen molar-refractivity contribution in [3.63, 3.8) is 0 Å². The Morgan fingerprint density at radius 2 is 1.86 bits per heavy atom. The third-order valence-corrected chi connectivity index (χ3v) is 4.32. The van der Waals surface area contributed by atoms with Gasteiger partial charge >= 0.3 is 5.97 Å². The van der Waals surface area contributed by atoms with Gasteiger partial charge in [-0.25, -0.2) is 0 Å². The zero-order chi connectivity index (χ0) is 16.2. The molecule has 0 atom stereocenters. The summed E-state index contributed by atoms with van der Waals surface area (Å²) < 4.78 is 0. The van der Waals surface area contributed by atoms with E-state index in [9.17, 15) is 19.5 Å². The van der Waals surface area contributed by atoms with Crippen molar-refractivity contribution in [1.29, 1.82) is 0 Å². The molecule has 5 nitrogen and oxygen atoms in total. The Morgan fingerprint density at radius 1 is 1.18 bits per heavy atom. The molecule has 0 aliphatic heterocycles. The van der Waals surface area contributed by atoms with Crippen LogP contribution >= 0.6 is 0 Å². The fourth-order valence-electron chi connectivity index (χ4n) is 3.02. The number of ketones is 1. The lowest BCUT2D eigenvalue weighted by atomic mass is 9.71. The fourth-order valence-corrected chi connectivity index (χ4v) is 3.02. The Balaban J connectivity index is 2.07. The van der Waals surface area contributed by atoms with Crippen molar-refractivity contribution in [2.45, 2.75) is 45.4 Å². The van der Waals surface area contributed by atoms with E-state index in [1.165, 1.54) is 6.92 Å². The number of nitrogens with one attached hydrogen (secondary N) is 1. The van der Waals surface area contributed by atoms with Gasteiger partial charge in [0, 0.05) is 17.7 Å². The molecular formula is C17H21NO4. The van der Waals surface area contributed by atoms with Crippen molar-refractivity contribution in [3.8, 4) is 0 Å². The minimum absolute atomic E-state index is 0.0212. The lowest BCUT2D eigenvalue weighted by Crippen LogP contribution is -2.37. The van der Waals surface area contributed by atoms with E-state index in [1.54, 1.807) is 24.3 Å². The zero-order valence-corrected chi connectivity index (χ0v) is 12.7. The fraction of sp³-hybridized carbons (Fsp3) is 0.471. The molecule has 2 rings (SSSR count). The summed E-state index contributed by atoms with van der Waals surface area (Å²) in [5, 5.41) is 12.2. The number of hydrogen-bond donors (Lipinski definition) is 2. The predicted octanol–water partition coefficient (Wildman–Crippen LogP) is 3.25. The minimum atomic E-state index is -0.944. The highest BCUT2D eigenvalue weighted by molar-refractivity contribution is 5.98. The lowest BCUT2D eigenvalue weighted by molar-refractivity contribution is -0.153. The number of rotatable bonds is 5. The highest BCUT2D eigenvalue weighted by Gasteiger charge is 2.41. The molecule has 0 unspecified atom stereocenters. The summed E-state index contributed by atoms with van der Waals surface area (Å²) >= 11 is 0. The van der Waals surface area contributed by atoms with Gasteiger partial charge in [-0.05, 0) is 31.9 Å². The van der Waals surface area contributed by atoms with Gasteiger partial charge in [0.25, 0.3) is 0 Å². The first-order chi connectivity index (χ1) is 10.4. The quantitative estimate of drug-likeness (QED) is 0.818. The van der Waals surface area contributed by atoms with Crippen LogP contribution in [0.2, 0.25) is 0 Å². The van der Waals surface area contributed by atoms with Gasteiger partial charge in [0.15, 0.2) is 5.78 Å². The Bertz CT molecular complexity index is 588. The molecule has 1 aromatic rings. The smallest absolute Gasteiger partial charge is 0.310 e. The number of benzene rings is 1. The molecule has 0 spiro atoms. The molecule has 0 saturated heterocycles. The van der Waals surface area contributed by atoms with Crippen LogP contribution in [-0.2, 0) is 9.59 Å². The third kappa shape index (κ3) is 3.72. The van der Waals surface area contributed by atoms with Gasteiger partial charge < -0.3 is 10.4 Å². The molecule has 0 bridgehead atoms. The molecule has 0 radical (unpaired) electrons. The summed E-state index contributed by atoms with van der Waals surface area (Å²) in [7, 11) is 0. The van der Waals surface area contributed by atoms with Crippen LogP contribution in [-0.4, -0.2) is 22.8 Å². The first-order valence-corrected chi connectivity index (χ1v) is 7.57. The number of carboxylic acids is 1. The molecule has 1 fully saturated rings. The van der Waals surface area contributed by atoms with Crippen LogP contribution in [0.25, 0.3) is 0 Å². The molecule has 1 aliphatic carbocycles. The molecular weight excluding hydrogens is 282 g/mol. The number of carboxylic acid groups (broad SMARTS) is 1. The third-order valence-electron chi connectivity index (χ3n) is 4.32. The van der Waals surface area contributed by atoms with E-state index in [0.29, 0.717) is 24.1 Å². The second-order valence-corrected chi connectivity index (χ2v) is 6.01. The van der Waals surface area contributed by atoms with E-state index in [4.69, 9.17) is 0 Å². The average molecular weight is 303 g/mol. The number of carbonyl (C=O) groups excluding carboxylic acids is 2. The van der Waals surface area contributed by atoms with Crippen molar-refractivity contribution in [2.24, 2.45) is 5.41 Å². The first-order valence-electron chi connectivity index (χ1n) is 7.57.